The highest BCUT2D eigenvalue weighted by Gasteiger charge is 2.18. The van der Waals surface area contributed by atoms with Crippen LogP contribution < -0.4 is 10.1 Å². The van der Waals surface area contributed by atoms with Crippen molar-refractivity contribution in [2.45, 2.75) is 33.4 Å². The van der Waals surface area contributed by atoms with Crippen molar-refractivity contribution in [1.29, 1.82) is 0 Å². The topological polar surface area (TPSA) is 64.4 Å². The Morgan fingerprint density at radius 1 is 1.18 bits per heavy atom. The molecule has 3 rings (SSSR count). The summed E-state index contributed by atoms with van der Waals surface area (Å²) in [5.74, 6) is -1.21. The molecule has 0 aliphatic rings. The van der Waals surface area contributed by atoms with Gasteiger partial charge in [-0.05, 0) is 50.6 Å². The second-order valence-corrected chi connectivity index (χ2v) is 6.46. The summed E-state index contributed by atoms with van der Waals surface area (Å²) < 4.78 is 37.5. The van der Waals surface area contributed by atoms with Crippen LogP contribution in [-0.4, -0.2) is 11.1 Å². The zero-order valence-corrected chi connectivity index (χ0v) is 15.8. The molecule has 0 aliphatic carbocycles. The lowest BCUT2D eigenvalue weighted by atomic mass is 10.1. The van der Waals surface area contributed by atoms with Crippen molar-refractivity contribution in [2.24, 2.45) is 0 Å². The summed E-state index contributed by atoms with van der Waals surface area (Å²) >= 11 is 0. The summed E-state index contributed by atoms with van der Waals surface area (Å²) in [6.45, 7) is 5.51. The fraction of sp³-hybridized carbons (Fsp3) is 0.238. The van der Waals surface area contributed by atoms with Crippen LogP contribution in [0.15, 0.2) is 47.0 Å². The Balaban J connectivity index is 1.74. The van der Waals surface area contributed by atoms with Crippen molar-refractivity contribution < 1.29 is 22.8 Å². The predicted octanol–water partition coefficient (Wildman–Crippen LogP) is 4.64. The lowest BCUT2D eigenvalue weighted by Gasteiger charge is -2.16. The van der Waals surface area contributed by atoms with Gasteiger partial charge in [0.25, 0.3) is 5.91 Å². The van der Waals surface area contributed by atoms with E-state index in [9.17, 15) is 13.6 Å². The molecular weight excluding hydrogens is 366 g/mol. The number of nitrogens with one attached hydrogen (secondary N) is 1. The largest absolute Gasteiger partial charge is 0.488 e. The number of aromatic nitrogens is 1. The summed E-state index contributed by atoms with van der Waals surface area (Å²) in [5, 5.41) is 6.66. The van der Waals surface area contributed by atoms with Gasteiger partial charge < -0.3 is 14.6 Å². The second-order valence-electron chi connectivity index (χ2n) is 6.46. The number of amides is 1. The standard InChI is InChI=1S/C21H20F2N2O3/c1-12(15-8-9-18(22)19(23)10-15)24-21(26)16-6-4-5-7-20(16)27-11-17-13(2)25-28-14(17)3/h4-10,12H,11H2,1-3H3,(H,24,26). The van der Waals surface area contributed by atoms with Crippen LogP contribution in [0.25, 0.3) is 0 Å². The minimum absolute atomic E-state index is 0.212. The molecule has 3 aromatic rings. The van der Waals surface area contributed by atoms with Crippen LogP contribution in [0.4, 0.5) is 8.78 Å². The van der Waals surface area contributed by atoms with Gasteiger partial charge in [-0.2, -0.15) is 0 Å². The molecule has 0 spiro atoms. The molecule has 2 aromatic carbocycles. The number of rotatable bonds is 6. The number of halogens is 2. The average molecular weight is 386 g/mol. The first-order chi connectivity index (χ1) is 13.4. The number of carbonyl (C=O) groups excluding carboxylic acids is 1. The maximum absolute atomic E-state index is 13.4. The summed E-state index contributed by atoms with van der Waals surface area (Å²) in [4.78, 5) is 12.7. The molecule has 0 saturated heterocycles. The lowest BCUT2D eigenvalue weighted by Crippen LogP contribution is -2.27. The van der Waals surface area contributed by atoms with Crippen LogP contribution in [0.5, 0.6) is 5.75 Å². The number of ether oxygens (including phenoxy) is 1. The van der Waals surface area contributed by atoms with Crippen molar-refractivity contribution in [3.63, 3.8) is 0 Å². The number of hydrogen-bond donors (Lipinski definition) is 1. The van der Waals surface area contributed by atoms with E-state index in [1.165, 1.54) is 6.07 Å². The molecule has 1 aromatic heterocycles. The van der Waals surface area contributed by atoms with E-state index in [1.807, 2.05) is 6.92 Å². The van der Waals surface area contributed by atoms with E-state index in [2.05, 4.69) is 10.5 Å². The van der Waals surface area contributed by atoms with Crippen LogP contribution in [0.2, 0.25) is 0 Å². The molecular formula is C21H20F2N2O3. The van der Waals surface area contributed by atoms with Gasteiger partial charge in [-0.3, -0.25) is 4.79 Å². The average Bonchev–Trinajstić information content (AvgIpc) is 3.00. The highest BCUT2D eigenvalue weighted by molar-refractivity contribution is 5.97. The molecule has 1 atom stereocenters. The number of hydrogen-bond acceptors (Lipinski definition) is 4. The minimum atomic E-state index is -0.957. The van der Waals surface area contributed by atoms with Gasteiger partial charge in [0.2, 0.25) is 0 Å². The first-order valence-corrected chi connectivity index (χ1v) is 8.76. The van der Waals surface area contributed by atoms with Crippen LogP contribution in [0, 0.1) is 25.5 Å². The highest BCUT2D eigenvalue weighted by atomic mass is 19.2. The van der Waals surface area contributed by atoms with Gasteiger partial charge in [0.1, 0.15) is 18.1 Å². The van der Waals surface area contributed by atoms with Crippen LogP contribution >= 0.6 is 0 Å². The van der Waals surface area contributed by atoms with Gasteiger partial charge >= 0.3 is 0 Å². The fourth-order valence-corrected chi connectivity index (χ4v) is 2.78. The number of aryl methyl sites for hydroxylation is 2. The first-order valence-electron chi connectivity index (χ1n) is 8.76. The van der Waals surface area contributed by atoms with Crippen molar-refractivity contribution in [2.75, 3.05) is 0 Å². The van der Waals surface area contributed by atoms with E-state index in [4.69, 9.17) is 9.26 Å². The highest BCUT2D eigenvalue weighted by Crippen LogP contribution is 2.23. The Kier molecular flexibility index (Phi) is 5.73. The molecule has 146 valence electrons. The van der Waals surface area contributed by atoms with Gasteiger partial charge in [0, 0.05) is 0 Å². The number of nitrogens with zero attached hydrogens (tertiary/aromatic N) is 1. The van der Waals surface area contributed by atoms with E-state index >= 15 is 0 Å². The summed E-state index contributed by atoms with van der Waals surface area (Å²) in [7, 11) is 0. The monoisotopic (exact) mass is 386 g/mol. The Morgan fingerprint density at radius 3 is 2.61 bits per heavy atom. The maximum atomic E-state index is 13.4. The molecule has 0 saturated carbocycles. The fourth-order valence-electron chi connectivity index (χ4n) is 2.78. The van der Waals surface area contributed by atoms with Gasteiger partial charge in [0.05, 0.1) is 22.9 Å². The van der Waals surface area contributed by atoms with Crippen LogP contribution in [-0.2, 0) is 6.61 Å². The zero-order chi connectivity index (χ0) is 20.3. The first kappa shape index (κ1) is 19.5. The van der Waals surface area contributed by atoms with Gasteiger partial charge in [-0.15, -0.1) is 0 Å². The van der Waals surface area contributed by atoms with Gasteiger partial charge in [0.15, 0.2) is 11.6 Å². The van der Waals surface area contributed by atoms with Crippen LogP contribution in [0.1, 0.15) is 45.9 Å². The molecule has 0 aliphatic heterocycles. The van der Waals surface area contributed by atoms with Crippen molar-refractivity contribution >= 4 is 5.91 Å². The smallest absolute Gasteiger partial charge is 0.255 e. The molecule has 7 heteroatoms. The molecule has 5 nitrogen and oxygen atoms in total. The molecule has 1 amide bonds. The zero-order valence-electron chi connectivity index (χ0n) is 15.8. The van der Waals surface area contributed by atoms with Crippen LogP contribution in [0.3, 0.4) is 0 Å². The Labute approximate surface area is 161 Å². The second kappa shape index (κ2) is 8.21. The van der Waals surface area contributed by atoms with Crippen molar-refractivity contribution in [1.82, 2.24) is 10.5 Å². The molecule has 1 N–H and O–H groups in total. The van der Waals surface area contributed by atoms with E-state index in [1.54, 1.807) is 38.1 Å². The normalized spacial score (nSPS) is 11.9. The molecule has 28 heavy (non-hydrogen) atoms. The Morgan fingerprint density at radius 2 is 1.93 bits per heavy atom. The maximum Gasteiger partial charge on any atom is 0.255 e. The molecule has 1 heterocycles. The third-order valence-electron chi connectivity index (χ3n) is 4.48. The summed E-state index contributed by atoms with van der Waals surface area (Å²) in [6.07, 6.45) is 0. The minimum Gasteiger partial charge on any atom is -0.488 e. The molecule has 0 bridgehead atoms. The Hall–Kier alpha value is -3.22. The van der Waals surface area contributed by atoms with Gasteiger partial charge in [-0.1, -0.05) is 23.4 Å². The third kappa shape index (κ3) is 4.19. The van der Waals surface area contributed by atoms with E-state index < -0.39 is 17.7 Å². The van der Waals surface area contributed by atoms with Crippen molar-refractivity contribution in [3.05, 3.63) is 82.2 Å². The summed E-state index contributed by atoms with van der Waals surface area (Å²) in [5.41, 5.74) is 2.35. The lowest BCUT2D eigenvalue weighted by molar-refractivity contribution is 0.0935. The third-order valence-corrected chi connectivity index (χ3v) is 4.48. The van der Waals surface area contributed by atoms with Crippen molar-refractivity contribution in [3.8, 4) is 5.75 Å². The van der Waals surface area contributed by atoms with E-state index in [0.717, 1.165) is 23.4 Å². The molecule has 0 radical (unpaired) electrons. The number of para-hydroxylation sites is 1. The molecule has 0 fully saturated rings. The summed E-state index contributed by atoms with van der Waals surface area (Å²) in [6, 6.07) is 9.83. The molecule has 1 unspecified atom stereocenters. The van der Waals surface area contributed by atoms with E-state index in [0.29, 0.717) is 22.6 Å². The van der Waals surface area contributed by atoms with E-state index in [-0.39, 0.29) is 12.5 Å². The quantitative estimate of drug-likeness (QED) is 0.670. The predicted molar refractivity (Wildman–Crippen MR) is 99.0 cm³/mol. The number of benzene rings is 2. The Bertz CT molecular complexity index is 982. The van der Waals surface area contributed by atoms with Gasteiger partial charge in [-0.25, -0.2) is 8.78 Å². The number of carbonyl (C=O) groups is 1. The SMILES string of the molecule is Cc1noc(C)c1COc1ccccc1C(=O)NC(C)c1ccc(F)c(F)c1.